The fourth-order valence-corrected chi connectivity index (χ4v) is 4.75. The topological polar surface area (TPSA) is 104 Å². The summed E-state index contributed by atoms with van der Waals surface area (Å²) < 4.78 is 1.96. The molecule has 32 heavy (non-hydrogen) atoms. The average Bonchev–Trinajstić information content (AvgIpc) is 3.21. The van der Waals surface area contributed by atoms with Crippen LogP contribution >= 0.6 is 11.8 Å². The van der Waals surface area contributed by atoms with Crippen LogP contribution < -0.4 is 5.11 Å². The van der Waals surface area contributed by atoms with Crippen LogP contribution in [0.25, 0.3) is 17.1 Å². The Bertz CT molecular complexity index is 1120. The van der Waals surface area contributed by atoms with Crippen molar-refractivity contribution in [3.8, 4) is 17.1 Å². The number of nitrogens with zero attached hydrogens (tertiary/aromatic N) is 5. The number of thioether (sulfide) groups is 1. The third-order valence-electron chi connectivity index (χ3n) is 5.65. The predicted octanol–water partition coefficient (Wildman–Crippen LogP) is 2.03. The fourth-order valence-electron chi connectivity index (χ4n) is 3.90. The zero-order valence-corrected chi connectivity index (χ0v) is 18.8. The molecular weight excluding hydrogens is 426 g/mol. The molecule has 0 N–H and O–H groups in total. The standard InChI is InChI=1S/C23H25N5O3S/c1-15-5-6-19(16(2)12-15)28-21(18-4-3-9-24-13-18)25-26-23(28)32-14-20(29)27-10-7-17(8-11-27)22(30)31/h3-6,9,12-13,17H,7-8,10-11,14H2,1-2H3,(H,30,31)/p-1. The van der Waals surface area contributed by atoms with Crippen molar-refractivity contribution in [1.29, 1.82) is 0 Å². The number of piperidine rings is 1. The summed E-state index contributed by atoms with van der Waals surface area (Å²) in [6, 6.07) is 9.95. The summed E-state index contributed by atoms with van der Waals surface area (Å²) >= 11 is 1.33. The van der Waals surface area contributed by atoms with E-state index in [-0.39, 0.29) is 11.7 Å². The molecule has 1 aliphatic heterocycles. The molecule has 1 amide bonds. The number of aryl methyl sites for hydroxylation is 2. The van der Waals surface area contributed by atoms with Crippen LogP contribution in [-0.2, 0) is 9.59 Å². The molecule has 1 aromatic carbocycles. The highest BCUT2D eigenvalue weighted by Gasteiger charge is 2.25. The van der Waals surface area contributed by atoms with E-state index in [9.17, 15) is 14.7 Å². The number of likely N-dealkylation sites (tertiary alicyclic amines) is 1. The number of carbonyl (C=O) groups excluding carboxylic acids is 2. The minimum Gasteiger partial charge on any atom is -0.550 e. The first kappa shape index (κ1) is 22.0. The Morgan fingerprint density at radius 3 is 2.59 bits per heavy atom. The van der Waals surface area contributed by atoms with Crippen LogP contribution in [0.2, 0.25) is 0 Å². The number of rotatable bonds is 6. The van der Waals surface area contributed by atoms with Gasteiger partial charge in [-0.25, -0.2) is 0 Å². The molecule has 1 saturated heterocycles. The summed E-state index contributed by atoms with van der Waals surface area (Å²) in [6.45, 7) is 4.95. The Hall–Kier alpha value is -3.20. The van der Waals surface area contributed by atoms with Crippen LogP contribution in [0.15, 0.2) is 47.9 Å². The van der Waals surface area contributed by atoms with Crippen LogP contribution in [0, 0.1) is 19.8 Å². The first-order valence-electron chi connectivity index (χ1n) is 10.5. The third-order valence-corrected chi connectivity index (χ3v) is 6.57. The van der Waals surface area contributed by atoms with E-state index in [0.29, 0.717) is 36.9 Å². The Kier molecular flexibility index (Phi) is 6.55. The number of amides is 1. The van der Waals surface area contributed by atoms with Crippen molar-refractivity contribution in [2.24, 2.45) is 5.92 Å². The monoisotopic (exact) mass is 450 g/mol. The quantitative estimate of drug-likeness (QED) is 0.529. The molecule has 3 aromatic rings. The lowest BCUT2D eigenvalue weighted by Gasteiger charge is -2.32. The van der Waals surface area contributed by atoms with Gasteiger partial charge in [0.15, 0.2) is 11.0 Å². The Morgan fingerprint density at radius 2 is 1.94 bits per heavy atom. The maximum absolute atomic E-state index is 12.8. The zero-order chi connectivity index (χ0) is 22.7. The predicted molar refractivity (Wildman–Crippen MR) is 119 cm³/mol. The number of benzene rings is 1. The van der Waals surface area contributed by atoms with E-state index in [1.807, 2.05) is 42.7 Å². The van der Waals surface area contributed by atoms with E-state index >= 15 is 0 Å². The Balaban J connectivity index is 1.57. The molecule has 1 fully saturated rings. The van der Waals surface area contributed by atoms with Crippen LogP contribution in [0.1, 0.15) is 24.0 Å². The second kappa shape index (κ2) is 9.52. The van der Waals surface area contributed by atoms with Gasteiger partial charge in [-0.05, 0) is 50.5 Å². The van der Waals surface area contributed by atoms with E-state index in [2.05, 4.69) is 21.2 Å². The third kappa shape index (κ3) is 4.67. The van der Waals surface area contributed by atoms with Crippen molar-refractivity contribution in [3.63, 3.8) is 0 Å². The molecule has 0 aliphatic carbocycles. The number of carbonyl (C=O) groups is 2. The van der Waals surface area contributed by atoms with Crippen molar-refractivity contribution in [1.82, 2.24) is 24.6 Å². The average molecular weight is 451 g/mol. The van der Waals surface area contributed by atoms with Gasteiger partial charge in [-0.15, -0.1) is 10.2 Å². The first-order chi connectivity index (χ1) is 15.4. The van der Waals surface area contributed by atoms with Gasteiger partial charge in [0.1, 0.15) is 0 Å². The van der Waals surface area contributed by atoms with E-state index < -0.39 is 11.9 Å². The molecule has 0 unspecified atom stereocenters. The van der Waals surface area contributed by atoms with Crippen molar-refractivity contribution in [2.75, 3.05) is 18.8 Å². The molecule has 9 heteroatoms. The maximum Gasteiger partial charge on any atom is 0.233 e. The summed E-state index contributed by atoms with van der Waals surface area (Å²) in [4.78, 5) is 29.7. The lowest BCUT2D eigenvalue weighted by molar-refractivity contribution is -0.312. The first-order valence-corrected chi connectivity index (χ1v) is 11.5. The van der Waals surface area contributed by atoms with Gasteiger partial charge in [0.05, 0.1) is 11.4 Å². The number of hydrogen-bond donors (Lipinski definition) is 0. The highest BCUT2D eigenvalue weighted by Crippen LogP contribution is 2.30. The van der Waals surface area contributed by atoms with Gasteiger partial charge in [0.2, 0.25) is 5.91 Å². The minimum absolute atomic E-state index is 0.0371. The van der Waals surface area contributed by atoms with E-state index in [0.717, 1.165) is 22.4 Å². The summed E-state index contributed by atoms with van der Waals surface area (Å²) in [5.41, 5.74) is 4.02. The number of aromatic nitrogens is 4. The minimum atomic E-state index is -1.03. The lowest BCUT2D eigenvalue weighted by Crippen LogP contribution is -2.44. The highest BCUT2D eigenvalue weighted by atomic mass is 32.2. The molecule has 0 spiro atoms. The van der Waals surface area contributed by atoms with Crippen LogP contribution in [0.3, 0.4) is 0 Å². The van der Waals surface area contributed by atoms with Crippen LogP contribution in [-0.4, -0.2) is 55.4 Å². The van der Waals surface area contributed by atoms with E-state index in [1.54, 1.807) is 17.3 Å². The molecule has 4 rings (SSSR count). The van der Waals surface area contributed by atoms with Gasteiger partial charge in [0, 0.05) is 42.9 Å². The molecular formula is C23H24N5O3S-. The molecule has 0 saturated carbocycles. The Labute approximate surface area is 190 Å². The van der Waals surface area contributed by atoms with Crippen molar-refractivity contribution >= 4 is 23.6 Å². The smallest absolute Gasteiger partial charge is 0.233 e. The number of carboxylic acid groups (broad SMARTS) is 1. The van der Waals surface area contributed by atoms with Crippen molar-refractivity contribution in [2.45, 2.75) is 31.8 Å². The number of pyridine rings is 1. The van der Waals surface area contributed by atoms with Gasteiger partial charge >= 0.3 is 0 Å². The maximum atomic E-state index is 12.8. The SMILES string of the molecule is Cc1ccc(-n2c(SCC(=O)N3CCC(C(=O)[O-])CC3)nnc2-c2cccnc2)c(C)c1. The summed E-state index contributed by atoms with van der Waals surface area (Å²) in [5.74, 6) is -0.677. The highest BCUT2D eigenvalue weighted by molar-refractivity contribution is 7.99. The van der Waals surface area contributed by atoms with Gasteiger partial charge in [-0.2, -0.15) is 0 Å². The molecule has 3 heterocycles. The van der Waals surface area contributed by atoms with E-state index in [1.165, 1.54) is 11.8 Å². The Morgan fingerprint density at radius 1 is 1.16 bits per heavy atom. The molecule has 2 aromatic heterocycles. The van der Waals surface area contributed by atoms with Crippen molar-refractivity contribution in [3.05, 3.63) is 53.9 Å². The zero-order valence-electron chi connectivity index (χ0n) is 18.0. The second-order valence-corrected chi connectivity index (χ2v) is 8.88. The summed E-state index contributed by atoms with van der Waals surface area (Å²) in [5, 5.41) is 20.4. The largest absolute Gasteiger partial charge is 0.550 e. The van der Waals surface area contributed by atoms with Crippen molar-refractivity contribution < 1.29 is 14.7 Å². The lowest BCUT2D eigenvalue weighted by atomic mass is 9.97. The second-order valence-electron chi connectivity index (χ2n) is 7.94. The van der Waals surface area contributed by atoms with Gasteiger partial charge < -0.3 is 14.8 Å². The van der Waals surface area contributed by atoms with Crippen LogP contribution in [0.4, 0.5) is 0 Å². The van der Waals surface area contributed by atoms with Gasteiger partial charge in [-0.3, -0.25) is 14.3 Å². The van der Waals surface area contributed by atoms with Crippen LogP contribution in [0.5, 0.6) is 0 Å². The number of hydrogen-bond acceptors (Lipinski definition) is 7. The molecule has 0 atom stereocenters. The normalized spacial score (nSPS) is 14.5. The molecule has 166 valence electrons. The summed E-state index contributed by atoms with van der Waals surface area (Å²) in [6.07, 6.45) is 4.32. The van der Waals surface area contributed by atoms with E-state index in [4.69, 9.17) is 0 Å². The fraction of sp³-hybridized carbons (Fsp3) is 0.348. The van der Waals surface area contributed by atoms with Gasteiger partial charge in [0.25, 0.3) is 0 Å². The summed E-state index contributed by atoms with van der Waals surface area (Å²) in [7, 11) is 0. The van der Waals surface area contributed by atoms with Gasteiger partial charge in [-0.1, -0.05) is 29.5 Å². The number of carboxylic acids is 1. The number of aliphatic carboxylic acids is 1. The molecule has 0 radical (unpaired) electrons. The molecule has 1 aliphatic rings. The molecule has 8 nitrogen and oxygen atoms in total. The molecule has 0 bridgehead atoms.